The summed E-state index contributed by atoms with van der Waals surface area (Å²) >= 11 is 0. The Kier molecular flexibility index (Phi) is 13.3. The van der Waals surface area contributed by atoms with Gasteiger partial charge in [0.2, 0.25) is 0 Å². The predicted molar refractivity (Wildman–Crippen MR) is 182 cm³/mol. The van der Waals surface area contributed by atoms with E-state index in [1.54, 1.807) is 37.3 Å². The topological polar surface area (TPSA) is 52.6 Å². The standard InChI is InChI=1S/C40H46F2O4/c1-4-6-8-10-11-29-13-15-30(16-14-29)31-17-19-32(20-18-31)40(44)46-36-24-23-34-25-33(21-22-35(34)26-36)28(3)39(43)45-27-38(42)37(41)12-9-7-5-2/h13-26,28,37-38H,4-12,27H2,1-3H3/t28-,37+,38+/m0/s1. The van der Waals surface area contributed by atoms with E-state index < -0.39 is 36.8 Å². The molecule has 0 saturated heterocycles. The fraction of sp³-hybridized carbons (Fsp3) is 0.400. The minimum atomic E-state index is -1.83. The van der Waals surface area contributed by atoms with Crippen molar-refractivity contribution in [2.45, 2.75) is 96.8 Å². The van der Waals surface area contributed by atoms with Crippen LogP contribution in [0.15, 0.2) is 84.9 Å². The smallest absolute Gasteiger partial charge is 0.343 e. The van der Waals surface area contributed by atoms with Crippen LogP contribution >= 0.6 is 0 Å². The first-order valence-electron chi connectivity index (χ1n) is 16.7. The van der Waals surface area contributed by atoms with Gasteiger partial charge in [0.05, 0.1) is 11.5 Å². The Morgan fingerprint density at radius 3 is 2.02 bits per heavy atom. The van der Waals surface area contributed by atoms with E-state index >= 15 is 0 Å². The molecule has 0 spiro atoms. The number of hydrogen-bond acceptors (Lipinski definition) is 4. The van der Waals surface area contributed by atoms with Crippen LogP contribution in [-0.2, 0) is 16.0 Å². The van der Waals surface area contributed by atoms with E-state index in [2.05, 4.69) is 31.2 Å². The lowest BCUT2D eigenvalue weighted by atomic mass is 9.98. The molecule has 0 bridgehead atoms. The number of esters is 2. The highest BCUT2D eigenvalue weighted by Gasteiger charge is 2.24. The summed E-state index contributed by atoms with van der Waals surface area (Å²) in [6.45, 7) is 5.31. The zero-order chi connectivity index (χ0) is 32.9. The summed E-state index contributed by atoms with van der Waals surface area (Å²) in [6, 6.07) is 26.8. The molecule has 0 aliphatic heterocycles. The van der Waals surface area contributed by atoms with Gasteiger partial charge in [0.1, 0.15) is 18.5 Å². The van der Waals surface area contributed by atoms with Crippen molar-refractivity contribution in [3.63, 3.8) is 0 Å². The third-order valence-corrected chi connectivity index (χ3v) is 8.49. The number of carbonyl (C=O) groups excluding carboxylic acids is 2. The highest BCUT2D eigenvalue weighted by atomic mass is 19.2. The van der Waals surface area contributed by atoms with Gasteiger partial charge in [-0.3, -0.25) is 4.79 Å². The SMILES string of the molecule is CCCCCCc1ccc(-c2ccc(C(=O)Oc3ccc4cc([C@H](C)C(=O)OC[C@@H](F)[C@H](F)CCCCC)ccc4c3)cc2)cc1. The van der Waals surface area contributed by atoms with Crippen molar-refractivity contribution in [3.05, 3.63) is 102 Å². The van der Waals surface area contributed by atoms with Crippen LogP contribution in [0, 0.1) is 0 Å². The van der Waals surface area contributed by atoms with Crippen molar-refractivity contribution < 1.29 is 27.8 Å². The maximum absolute atomic E-state index is 14.2. The molecule has 0 N–H and O–H groups in total. The summed E-state index contributed by atoms with van der Waals surface area (Å²) in [4.78, 5) is 25.5. The van der Waals surface area contributed by atoms with Gasteiger partial charge in [0.25, 0.3) is 0 Å². The van der Waals surface area contributed by atoms with E-state index in [0.717, 1.165) is 41.2 Å². The highest BCUT2D eigenvalue weighted by Crippen LogP contribution is 2.27. The Labute approximate surface area is 272 Å². The van der Waals surface area contributed by atoms with Crippen molar-refractivity contribution in [1.29, 1.82) is 0 Å². The molecule has 0 aliphatic rings. The molecule has 0 fully saturated rings. The second kappa shape index (κ2) is 17.6. The summed E-state index contributed by atoms with van der Waals surface area (Å²) in [7, 11) is 0. The number of rotatable bonds is 17. The summed E-state index contributed by atoms with van der Waals surface area (Å²) in [5.41, 5.74) is 4.63. The number of benzene rings is 4. The molecule has 0 saturated carbocycles. The Bertz CT molecular complexity index is 1550. The largest absolute Gasteiger partial charge is 0.462 e. The summed E-state index contributed by atoms with van der Waals surface area (Å²) in [5.74, 6) is -1.30. The molecule has 0 heterocycles. The van der Waals surface area contributed by atoms with Gasteiger partial charge in [-0.05, 0) is 83.5 Å². The molecular formula is C40H46F2O4. The molecule has 0 unspecified atom stereocenters. The van der Waals surface area contributed by atoms with Gasteiger partial charge >= 0.3 is 11.9 Å². The van der Waals surface area contributed by atoms with Gasteiger partial charge in [0.15, 0.2) is 6.17 Å². The molecule has 0 amide bonds. The number of hydrogen-bond donors (Lipinski definition) is 0. The van der Waals surface area contributed by atoms with Gasteiger partial charge in [-0.25, -0.2) is 13.6 Å². The fourth-order valence-electron chi connectivity index (χ4n) is 5.46. The van der Waals surface area contributed by atoms with Crippen LogP contribution in [0.3, 0.4) is 0 Å². The van der Waals surface area contributed by atoms with E-state index in [4.69, 9.17) is 9.47 Å². The van der Waals surface area contributed by atoms with Crippen LogP contribution in [0.25, 0.3) is 21.9 Å². The molecule has 0 aliphatic carbocycles. The zero-order valence-electron chi connectivity index (χ0n) is 27.3. The summed E-state index contributed by atoms with van der Waals surface area (Å²) < 4.78 is 38.9. The van der Waals surface area contributed by atoms with Crippen LogP contribution in [-0.4, -0.2) is 30.9 Å². The Hall–Kier alpha value is -4.06. The maximum Gasteiger partial charge on any atom is 0.343 e. The second-order valence-electron chi connectivity index (χ2n) is 12.1. The number of carbonyl (C=O) groups is 2. The number of alkyl halides is 2. The quantitative estimate of drug-likeness (QED) is 0.0663. The van der Waals surface area contributed by atoms with E-state index in [0.29, 0.717) is 23.3 Å². The predicted octanol–water partition coefficient (Wildman–Crippen LogP) is 10.8. The Balaban J connectivity index is 1.31. The molecule has 4 rings (SSSR count). The van der Waals surface area contributed by atoms with E-state index in [1.165, 1.54) is 31.2 Å². The molecular weight excluding hydrogens is 582 g/mol. The van der Waals surface area contributed by atoms with E-state index in [1.807, 2.05) is 37.3 Å². The molecule has 46 heavy (non-hydrogen) atoms. The first-order valence-corrected chi connectivity index (χ1v) is 16.7. The molecule has 0 aromatic heterocycles. The van der Waals surface area contributed by atoms with Gasteiger partial charge in [-0.1, -0.05) is 113 Å². The minimum absolute atomic E-state index is 0.130. The molecule has 4 nitrogen and oxygen atoms in total. The number of fused-ring (bicyclic) bond motifs is 1. The lowest BCUT2D eigenvalue weighted by molar-refractivity contribution is -0.147. The van der Waals surface area contributed by atoms with Gasteiger partial charge in [-0.2, -0.15) is 0 Å². The molecule has 4 aromatic rings. The van der Waals surface area contributed by atoms with Gasteiger partial charge in [-0.15, -0.1) is 0 Å². The second-order valence-corrected chi connectivity index (χ2v) is 12.1. The monoisotopic (exact) mass is 628 g/mol. The van der Waals surface area contributed by atoms with Crippen LogP contribution < -0.4 is 4.74 Å². The fourth-order valence-corrected chi connectivity index (χ4v) is 5.46. The first kappa shape index (κ1) is 34.8. The molecule has 4 aromatic carbocycles. The van der Waals surface area contributed by atoms with E-state index in [-0.39, 0.29) is 6.42 Å². The van der Waals surface area contributed by atoms with Crippen molar-refractivity contribution in [3.8, 4) is 16.9 Å². The van der Waals surface area contributed by atoms with Crippen LogP contribution in [0.2, 0.25) is 0 Å². The Morgan fingerprint density at radius 1 is 0.696 bits per heavy atom. The summed E-state index contributed by atoms with van der Waals surface area (Å²) in [5, 5.41) is 1.67. The molecule has 3 atom stereocenters. The molecule has 0 radical (unpaired) electrons. The number of ether oxygens (including phenoxy) is 2. The lowest BCUT2D eigenvalue weighted by Gasteiger charge is -2.16. The van der Waals surface area contributed by atoms with Gasteiger partial charge in [0, 0.05) is 0 Å². The number of halogens is 2. The van der Waals surface area contributed by atoms with Crippen molar-refractivity contribution in [2.75, 3.05) is 6.61 Å². The van der Waals surface area contributed by atoms with Crippen LogP contribution in [0.4, 0.5) is 8.78 Å². The van der Waals surface area contributed by atoms with Crippen molar-refractivity contribution in [1.82, 2.24) is 0 Å². The van der Waals surface area contributed by atoms with Crippen LogP contribution in [0.5, 0.6) is 5.75 Å². The average molecular weight is 629 g/mol. The third-order valence-electron chi connectivity index (χ3n) is 8.49. The van der Waals surface area contributed by atoms with E-state index in [9.17, 15) is 18.4 Å². The number of aryl methyl sites for hydroxylation is 1. The van der Waals surface area contributed by atoms with Gasteiger partial charge < -0.3 is 9.47 Å². The first-order chi connectivity index (χ1) is 22.3. The van der Waals surface area contributed by atoms with Crippen LogP contribution in [0.1, 0.15) is 99.5 Å². The van der Waals surface area contributed by atoms with Crippen molar-refractivity contribution in [2.24, 2.45) is 0 Å². The molecule has 6 heteroatoms. The maximum atomic E-state index is 14.2. The summed E-state index contributed by atoms with van der Waals surface area (Å²) in [6.07, 6.45) is 5.15. The normalized spacial score (nSPS) is 13.2. The zero-order valence-corrected chi connectivity index (χ0v) is 27.3. The average Bonchev–Trinajstić information content (AvgIpc) is 3.08. The lowest BCUT2D eigenvalue weighted by Crippen LogP contribution is -2.26. The van der Waals surface area contributed by atoms with Crippen molar-refractivity contribution >= 4 is 22.7 Å². The highest BCUT2D eigenvalue weighted by molar-refractivity contribution is 5.93. The third kappa shape index (κ3) is 9.97. The number of unbranched alkanes of at least 4 members (excludes halogenated alkanes) is 5. The molecule has 244 valence electrons. The Morgan fingerprint density at radius 2 is 1.33 bits per heavy atom. The minimum Gasteiger partial charge on any atom is -0.462 e.